The van der Waals surface area contributed by atoms with Gasteiger partial charge >= 0.3 is 5.97 Å². The number of hydrogen-bond acceptors (Lipinski definition) is 6. The number of thiazole rings is 1. The number of methoxy groups -OCH3 is 1. The van der Waals surface area contributed by atoms with Gasteiger partial charge in [0.15, 0.2) is 5.69 Å². The SMILES string of the molecule is COC(=O)c1c(Br)c(C)nn1-c1nc(-c2ccc(Cl)cc2Cl)c(SC(C)C)s1. The van der Waals surface area contributed by atoms with Crippen LogP contribution in [0.5, 0.6) is 0 Å². The summed E-state index contributed by atoms with van der Waals surface area (Å²) in [7, 11) is 1.34. The van der Waals surface area contributed by atoms with E-state index in [-0.39, 0.29) is 0 Å². The third kappa shape index (κ3) is 4.26. The molecule has 0 radical (unpaired) electrons. The first kappa shape index (κ1) is 21.6. The van der Waals surface area contributed by atoms with E-state index in [1.165, 1.54) is 23.1 Å². The highest BCUT2D eigenvalue weighted by Crippen LogP contribution is 2.42. The molecule has 0 saturated heterocycles. The van der Waals surface area contributed by atoms with E-state index in [9.17, 15) is 4.79 Å². The molecule has 0 bridgehead atoms. The van der Waals surface area contributed by atoms with Gasteiger partial charge in [0, 0.05) is 15.8 Å². The van der Waals surface area contributed by atoms with E-state index in [0.717, 1.165) is 15.5 Å². The lowest BCUT2D eigenvalue weighted by molar-refractivity contribution is 0.0589. The second-order valence-corrected chi connectivity index (χ2v) is 10.5. The number of rotatable bonds is 5. The van der Waals surface area contributed by atoms with Crippen LogP contribution in [0, 0.1) is 6.92 Å². The second kappa shape index (κ2) is 8.75. The summed E-state index contributed by atoms with van der Waals surface area (Å²) in [5, 5.41) is 6.43. The molecule has 28 heavy (non-hydrogen) atoms. The minimum Gasteiger partial charge on any atom is -0.464 e. The van der Waals surface area contributed by atoms with E-state index >= 15 is 0 Å². The highest BCUT2D eigenvalue weighted by atomic mass is 79.9. The molecule has 0 spiro atoms. The zero-order valence-corrected chi connectivity index (χ0v) is 20.1. The number of aromatic nitrogens is 3. The zero-order valence-electron chi connectivity index (χ0n) is 15.4. The molecule has 0 N–H and O–H groups in total. The standard InChI is InChI=1S/C18H16BrCl2N3O2S2/c1-8(2)27-17-14(11-6-5-10(20)7-12(11)21)22-18(28-17)24-15(16(25)26-4)13(19)9(3)23-24/h5-8H,1-4H3. The van der Waals surface area contributed by atoms with Crippen molar-refractivity contribution in [3.8, 4) is 16.4 Å². The number of halogens is 3. The van der Waals surface area contributed by atoms with Crippen LogP contribution < -0.4 is 0 Å². The van der Waals surface area contributed by atoms with E-state index in [0.29, 0.717) is 36.3 Å². The molecule has 2 heterocycles. The summed E-state index contributed by atoms with van der Waals surface area (Å²) in [6.45, 7) is 6.01. The van der Waals surface area contributed by atoms with Crippen molar-refractivity contribution in [3.05, 3.63) is 44.1 Å². The summed E-state index contributed by atoms with van der Waals surface area (Å²) in [5.41, 5.74) is 2.48. The summed E-state index contributed by atoms with van der Waals surface area (Å²) in [6.07, 6.45) is 0. The zero-order chi connectivity index (χ0) is 20.6. The molecule has 1 aromatic carbocycles. The number of nitrogens with zero attached hydrogens (tertiary/aromatic N) is 3. The van der Waals surface area contributed by atoms with E-state index in [2.05, 4.69) is 34.9 Å². The highest BCUT2D eigenvalue weighted by molar-refractivity contribution is 9.10. The molecular weight excluding hydrogens is 505 g/mol. The van der Waals surface area contributed by atoms with Crippen molar-refractivity contribution in [1.29, 1.82) is 0 Å². The molecule has 0 unspecified atom stereocenters. The number of esters is 1. The van der Waals surface area contributed by atoms with E-state index in [1.807, 2.05) is 6.07 Å². The first-order valence-electron chi connectivity index (χ1n) is 8.19. The molecule has 0 aliphatic carbocycles. The predicted octanol–water partition coefficient (Wildman–Crippen LogP) is 6.66. The second-order valence-electron chi connectivity index (χ2n) is 6.07. The number of aryl methyl sites for hydroxylation is 1. The Morgan fingerprint density at radius 1 is 1.36 bits per heavy atom. The van der Waals surface area contributed by atoms with Crippen LogP contribution in [0.2, 0.25) is 10.0 Å². The predicted molar refractivity (Wildman–Crippen MR) is 119 cm³/mol. The molecule has 3 rings (SSSR count). The van der Waals surface area contributed by atoms with Crippen LogP contribution in [-0.4, -0.2) is 33.1 Å². The number of carbonyl (C=O) groups excluding carboxylic acids is 1. The quantitative estimate of drug-likeness (QED) is 0.278. The number of hydrogen-bond donors (Lipinski definition) is 0. The number of thioether (sulfide) groups is 1. The third-order valence-corrected chi connectivity index (χ3v) is 7.40. The van der Waals surface area contributed by atoms with Crippen LogP contribution in [0.1, 0.15) is 30.0 Å². The topological polar surface area (TPSA) is 57.0 Å². The average molecular weight is 521 g/mol. The van der Waals surface area contributed by atoms with Gasteiger partial charge in [0.2, 0.25) is 5.13 Å². The lowest BCUT2D eigenvalue weighted by Gasteiger charge is -2.06. The summed E-state index contributed by atoms with van der Waals surface area (Å²) in [4.78, 5) is 17.1. The highest BCUT2D eigenvalue weighted by Gasteiger charge is 2.26. The van der Waals surface area contributed by atoms with Crippen molar-refractivity contribution < 1.29 is 9.53 Å². The Hall–Kier alpha value is -1.06. The van der Waals surface area contributed by atoms with Gasteiger partial charge in [-0.05, 0) is 41.1 Å². The summed E-state index contributed by atoms with van der Waals surface area (Å²) in [6, 6.07) is 5.31. The third-order valence-electron chi connectivity index (χ3n) is 3.66. The molecule has 0 amide bonds. The Kier molecular flexibility index (Phi) is 6.76. The fourth-order valence-corrected chi connectivity index (χ4v) is 5.82. The van der Waals surface area contributed by atoms with Crippen molar-refractivity contribution in [3.63, 3.8) is 0 Å². The first-order chi connectivity index (χ1) is 13.2. The normalized spacial score (nSPS) is 11.3. The molecule has 0 aliphatic rings. The van der Waals surface area contributed by atoms with Gasteiger partial charge in [-0.3, -0.25) is 0 Å². The Morgan fingerprint density at radius 3 is 2.68 bits per heavy atom. The molecule has 3 aromatic rings. The molecule has 10 heteroatoms. The molecule has 0 fully saturated rings. The molecule has 0 aliphatic heterocycles. The molecule has 0 saturated carbocycles. The van der Waals surface area contributed by atoms with Gasteiger partial charge in [-0.15, -0.1) is 11.8 Å². The van der Waals surface area contributed by atoms with Gasteiger partial charge in [-0.1, -0.05) is 48.4 Å². The largest absolute Gasteiger partial charge is 0.464 e. The van der Waals surface area contributed by atoms with Crippen LogP contribution in [0.15, 0.2) is 26.9 Å². The van der Waals surface area contributed by atoms with Crippen LogP contribution in [0.25, 0.3) is 16.4 Å². The molecule has 2 aromatic heterocycles. The maximum Gasteiger partial charge on any atom is 0.358 e. The fraction of sp³-hybridized carbons (Fsp3) is 0.278. The maximum atomic E-state index is 12.3. The van der Waals surface area contributed by atoms with Gasteiger partial charge in [-0.2, -0.15) is 9.78 Å². The van der Waals surface area contributed by atoms with Crippen LogP contribution >= 0.6 is 62.2 Å². The van der Waals surface area contributed by atoms with Crippen molar-refractivity contribution in [2.45, 2.75) is 30.2 Å². The molecule has 148 valence electrons. The minimum atomic E-state index is -0.494. The molecule has 0 atom stereocenters. The van der Waals surface area contributed by atoms with Crippen LogP contribution in [0.3, 0.4) is 0 Å². The summed E-state index contributed by atoms with van der Waals surface area (Å²) in [5.74, 6) is -0.494. The van der Waals surface area contributed by atoms with E-state index < -0.39 is 5.97 Å². The fourth-order valence-electron chi connectivity index (χ4n) is 2.45. The summed E-state index contributed by atoms with van der Waals surface area (Å²) >= 11 is 19.0. The van der Waals surface area contributed by atoms with Crippen LogP contribution in [-0.2, 0) is 4.74 Å². The Balaban J connectivity index is 2.21. The molecule has 5 nitrogen and oxygen atoms in total. The van der Waals surface area contributed by atoms with E-state index in [1.54, 1.807) is 30.8 Å². The number of ether oxygens (including phenoxy) is 1. The van der Waals surface area contributed by atoms with Gasteiger partial charge in [0.1, 0.15) is 0 Å². The smallest absolute Gasteiger partial charge is 0.358 e. The average Bonchev–Trinajstić information content (AvgIpc) is 3.15. The Morgan fingerprint density at radius 2 is 2.07 bits per heavy atom. The van der Waals surface area contributed by atoms with Gasteiger partial charge in [0.25, 0.3) is 0 Å². The Bertz CT molecular complexity index is 1050. The Labute approximate surface area is 189 Å². The summed E-state index contributed by atoms with van der Waals surface area (Å²) < 4.78 is 7.99. The lowest BCUT2D eigenvalue weighted by Crippen LogP contribution is -2.10. The van der Waals surface area contributed by atoms with Crippen molar-refractivity contribution in [2.24, 2.45) is 0 Å². The maximum absolute atomic E-state index is 12.3. The lowest BCUT2D eigenvalue weighted by atomic mass is 10.2. The molecular formula is C18H16BrCl2N3O2S2. The minimum absolute atomic E-state index is 0.295. The monoisotopic (exact) mass is 519 g/mol. The van der Waals surface area contributed by atoms with Gasteiger partial charge in [0.05, 0.1) is 32.2 Å². The van der Waals surface area contributed by atoms with Crippen molar-refractivity contribution in [1.82, 2.24) is 14.8 Å². The number of benzene rings is 1. The van der Waals surface area contributed by atoms with E-state index in [4.69, 9.17) is 32.9 Å². The van der Waals surface area contributed by atoms with Crippen molar-refractivity contribution >= 4 is 68.2 Å². The van der Waals surface area contributed by atoms with Crippen LogP contribution in [0.4, 0.5) is 0 Å². The number of carbonyl (C=O) groups is 1. The van der Waals surface area contributed by atoms with Gasteiger partial charge in [-0.25, -0.2) is 9.78 Å². The van der Waals surface area contributed by atoms with Gasteiger partial charge < -0.3 is 4.74 Å². The van der Waals surface area contributed by atoms with Crippen molar-refractivity contribution in [2.75, 3.05) is 7.11 Å². The first-order valence-corrected chi connectivity index (χ1v) is 11.4.